The molecule has 1 heterocycles. The quantitative estimate of drug-likeness (QED) is 0.605. The fourth-order valence-corrected chi connectivity index (χ4v) is 3.67. The van der Waals surface area contributed by atoms with Gasteiger partial charge in [0.15, 0.2) is 5.82 Å². The number of nitrogens with two attached hydrogens (primary N) is 1. The van der Waals surface area contributed by atoms with Crippen LogP contribution in [0, 0.1) is 0 Å². The van der Waals surface area contributed by atoms with Crippen molar-refractivity contribution in [1.82, 2.24) is 20.2 Å². The van der Waals surface area contributed by atoms with Crippen molar-refractivity contribution in [2.24, 2.45) is 0 Å². The van der Waals surface area contributed by atoms with Crippen LogP contribution in [0.2, 0.25) is 0 Å². The summed E-state index contributed by atoms with van der Waals surface area (Å²) in [5.74, 6) is 7.46. The van der Waals surface area contributed by atoms with E-state index >= 15 is 0 Å². The highest BCUT2D eigenvalue weighted by atomic mass is 32.2. The fraction of sp³-hybridized carbons (Fsp3) is 0.471. The molecule has 1 amide bonds. The van der Waals surface area contributed by atoms with Gasteiger partial charge in [0.2, 0.25) is 11.1 Å². The molecule has 1 aliphatic carbocycles. The number of nitrogens with zero attached hydrogens (tertiary/aromatic N) is 3. The van der Waals surface area contributed by atoms with E-state index in [1.165, 1.54) is 29.3 Å². The van der Waals surface area contributed by atoms with Gasteiger partial charge in [0.05, 0.1) is 12.4 Å². The molecule has 1 atom stereocenters. The summed E-state index contributed by atoms with van der Waals surface area (Å²) in [7, 11) is 1.62. The Morgan fingerprint density at radius 1 is 1.32 bits per heavy atom. The summed E-state index contributed by atoms with van der Waals surface area (Å²) >= 11 is 1.31. The van der Waals surface area contributed by atoms with E-state index in [0.29, 0.717) is 17.0 Å². The molecule has 1 aromatic heterocycles. The van der Waals surface area contributed by atoms with Crippen molar-refractivity contribution in [3.05, 3.63) is 24.3 Å². The van der Waals surface area contributed by atoms with Crippen LogP contribution in [0.3, 0.4) is 0 Å². The number of methoxy groups -OCH3 is 1. The number of nitrogen functional groups attached to an aromatic ring is 1. The van der Waals surface area contributed by atoms with Crippen LogP contribution in [0.15, 0.2) is 29.4 Å². The van der Waals surface area contributed by atoms with Crippen molar-refractivity contribution in [3.63, 3.8) is 0 Å². The Hall–Kier alpha value is -2.22. The molecular formula is C17H23N5O2S. The normalized spacial score (nSPS) is 15.9. The molecule has 3 N–H and O–H groups in total. The highest BCUT2D eigenvalue weighted by molar-refractivity contribution is 8.00. The standard InChI is InChI=1S/C17H23N5O2S/c1-11(16(23)19-13-5-3-4-6-13)25-17-21-20-15(22(17)18)12-7-9-14(24-2)10-8-12/h7-11,13H,3-6,18H2,1-2H3,(H,19,23)/t11-/m1/s1. The van der Waals surface area contributed by atoms with Crippen LogP contribution in [-0.4, -0.2) is 39.2 Å². The number of benzene rings is 1. The Balaban J connectivity index is 1.66. The van der Waals surface area contributed by atoms with Crippen LogP contribution >= 0.6 is 11.8 Å². The third kappa shape index (κ3) is 4.07. The molecule has 25 heavy (non-hydrogen) atoms. The summed E-state index contributed by atoms with van der Waals surface area (Å²) in [5, 5.41) is 11.6. The van der Waals surface area contributed by atoms with E-state index in [1.54, 1.807) is 7.11 Å². The Morgan fingerprint density at radius 3 is 2.64 bits per heavy atom. The number of hydrogen-bond donors (Lipinski definition) is 2. The van der Waals surface area contributed by atoms with Crippen LogP contribution < -0.4 is 15.9 Å². The number of amides is 1. The van der Waals surface area contributed by atoms with Crippen molar-refractivity contribution in [1.29, 1.82) is 0 Å². The number of thioether (sulfide) groups is 1. The van der Waals surface area contributed by atoms with Gasteiger partial charge in [-0.1, -0.05) is 24.6 Å². The molecule has 0 unspecified atom stereocenters. The third-order valence-corrected chi connectivity index (χ3v) is 5.42. The molecule has 8 heteroatoms. The average Bonchev–Trinajstić information content (AvgIpc) is 3.25. The van der Waals surface area contributed by atoms with Gasteiger partial charge in [-0.05, 0) is 44.0 Å². The number of nitrogens with one attached hydrogen (secondary N) is 1. The molecule has 0 saturated heterocycles. The molecule has 0 radical (unpaired) electrons. The predicted molar refractivity (Wildman–Crippen MR) is 97.9 cm³/mol. The van der Waals surface area contributed by atoms with Crippen molar-refractivity contribution < 1.29 is 9.53 Å². The van der Waals surface area contributed by atoms with Crippen molar-refractivity contribution >= 4 is 17.7 Å². The Kier molecular flexibility index (Phi) is 5.47. The molecule has 3 rings (SSSR count). The molecule has 1 fully saturated rings. The van der Waals surface area contributed by atoms with Crippen LogP contribution in [0.1, 0.15) is 32.6 Å². The largest absolute Gasteiger partial charge is 0.497 e. The first-order valence-corrected chi connectivity index (χ1v) is 9.28. The van der Waals surface area contributed by atoms with Gasteiger partial charge in [-0.2, -0.15) is 0 Å². The fourth-order valence-electron chi connectivity index (χ4n) is 2.89. The second-order valence-corrected chi connectivity index (χ2v) is 7.46. The predicted octanol–water partition coefficient (Wildman–Crippen LogP) is 2.21. The smallest absolute Gasteiger partial charge is 0.233 e. The molecular weight excluding hydrogens is 338 g/mol. The van der Waals surface area contributed by atoms with E-state index in [0.717, 1.165) is 24.2 Å². The van der Waals surface area contributed by atoms with Gasteiger partial charge in [0.25, 0.3) is 0 Å². The zero-order valence-electron chi connectivity index (χ0n) is 14.4. The number of carbonyl (C=O) groups excluding carboxylic acids is 1. The lowest BCUT2D eigenvalue weighted by Gasteiger charge is -2.15. The van der Waals surface area contributed by atoms with E-state index in [9.17, 15) is 4.79 Å². The summed E-state index contributed by atoms with van der Waals surface area (Å²) in [6, 6.07) is 7.73. The van der Waals surface area contributed by atoms with Crippen molar-refractivity contribution in [2.45, 2.75) is 49.1 Å². The van der Waals surface area contributed by atoms with Crippen LogP contribution in [-0.2, 0) is 4.79 Å². The van der Waals surface area contributed by atoms with Gasteiger partial charge in [0, 0.05) is 11.6 Å². The molecule has 1 saturated carbocycles. The number of hydrogen-bond acceptors (Lipinski definition) is 6. The lowest BCUT2D eigenvalue weighted by Crippen LogP contribution is -2.37. The first kappa shape index (κ1) is 17.6. The van der Waals surface area contributed by atoms with Gasteiger partial charge >= 0.3 is 0 Å². The van der Waals surface area contributed by atoms with Crippen LogP contribution in [0.5, 0.6) is 5.75 Å². The minimum Gasteiger partial charge on any atom is -0.497 e. The van der Waals surface area contributed by atoms with E-state index in [-0.39, 0.29) is 11.2 Å². The van der Waals surface area contributed by atoms with E-state index < -0.39 is 0 Å². The second kappa shape index (κ2) is 7.77. The molecule has 0 bridgehead atoms. The van der Waals surface area contributed by atoms with E-state index in [1.807, 2.05) is 31.2 Å². The van der Waals surface area contributed by atoms with E-state index in [2.05, 4.69) is 15.5 Å². The lowest BCUT2D eigenvalue weighted by atomic mass is 10.2. The average molecular weight is 361 g/mol. The summed E-state index contributed by atoms with van der Waals surface area (Å²) in [4.78, 5) is 12.3. The number of ether oxygens (including phenoxy) is 1. The summed E-state index contributed by atoms with van der Waals surface area (Å²) in [6.45, 7) is 1.86. The molecule has 0 aliphatic heterocycles. The number of carbonyl (C=O) groups is 1. The van der Waals surface area contributed by atoms with E-state index in [4.69, 9.17) is 10.6 Å². The van der Waals surface area contributed by atoms with Gasteiger partial charge in [-0.25, -0.2) is 4.68 Å². The molecule has 1 aliphatic rings. The molecule has 7 nitrogen and oxygen atoms in total. The lowest BCUT2D eigenvalue weighted by molar-refractivity contribution is -0.120. The Morgan fingerprint density at radius 2 is 2.00 bits per heavy atom. The van der Waals surface area contributed by atoms with Gasteiger partial charge in [-0.3, -0.25) is 4.79 Å². The van der Waals surface area contributed by atoms with Crippen LogP contribution in [0.4, 0.5) is 0 Å². The zero-order valence-corrected chi connectivity index (χ0v) is 15.3. The first-order valence-electron chi connectivity index (χ1n) is 8.40. The first-order chi connectivity index (χ1) is 12.1. The minimum absolute atomic E-state index is 0.0193. The molecule has 0 spiro atoms. The number of aromatic nitrogens is 3. The SMILES string of the molecule is COc1ccc(-c2nnc(S[C@H](C)C(=O)NC3CCCC3)n2N)cc1. The summed E-state index contributed by atoms with van der Waals surface area (Å²) in [5.41, 5.74) is 0.839. The molecule has 1 aromatic carbocycles. The monoisotopic (exact) mass is 361 g/mol. The maximum absolute atomic E-state index is 12.3. The summed E-state index contributed by atoms with van der Waals surface area (Å²) < 4.78 is 6.57. The zero-order chi connectivity index (χ0) is 17.8. The Bertz CT molecular complexity index is 725. The second-order valence-electron chi connectivity index (χ2n) is 6.15. The maximum Gasteiger partial charge on any atom is 0.233 e. The van der Waals surface area contributed by atoms with Crippen molar-refractivity contribution in [3.8, 4) is 17.1 Å². The van der Waals surface area contributed by atoms with Gasteiger partial charge < -0.3 is 15.9 Å². The topological polar surface area (TPSA) is 95.1 Å². The van der Waals surface area contributed by atoms with Crippen LogP contribution in [0.25, 0.3) is 11.4 Å². The van der Waals surface area contributed by atoms with Gasteiger partial charge in [-0.15, -0.1) is 10.2 Å². The highest BCUT2D eigenvalue weighted by Crippen LogP contribution is 2.26. The third-order valence-electron chi connectivity index (χ3n) is 4.37. The minimum atomic E-state index is -0.282. The van der Waals surface area contributed by atoms with Crippen molar-refractivity contribution in [2.75, 3.05) is 13.0 Å². The molecule has 134 valence electrons. The van der Waals surface area contributed by atoms with Gasteiger partial charge in [0.1, 0.15) is 5.75 Å². The Labute approximate surface area is 151 Å². The molecule has 2 aromatic rings. The maximum atomic E-state index is 12.3. The number of rotatable bonds is 6. The highest BCUT2D eigenvalue weighted by Gasteiger charge is 2.23. The summed E-state index contributed by atoms with van der Waals surface area (Å²) in [6.07, 6.45) is 4.51.